The van der Waals surface area contributed by atoms with E-state index in [4.69, 9.17) is 0 Å². The van der Waals surface area contributed by atoms with Crippen LogP contribution in [0.15, 0.2) is 60.7 Å². The van der Waals surface area contributed by atoms with Gasteiger partial charge in [-0.1, -0.05) is 36.4 Å². The Morgan fingerprint density at radius 3 is 1.28 bits per heavy atom. The lowest BCUT2D eigenvalue weighted by Crippen LogP contribution is -2.38. The van der Waals surface area contributed by atoms with Crippen molar-refractivity contribution in [2.75, 3.05) is 6.66 Å². The van der Waals surface area contributed by atoms with Gasteiger partial charge in [0, 0.05) is 13.5 Å². The third kappa shape index (κ3) is 2.30. The summed E-state index contributed by atoms with van der Waals surface area (Å²) >= 11 is 0. The Morgan fingerprint density at radius 2 is 1.00 bits per heavy atom. The fourth-order valence-electron chi connectivity index (χ4n) is 2.38. The fourth-order valence-corrected chi connectivity index (χ4v) is 11.3. The second kappa shape index (κ2) is 4.99. The lowest BCUT2D eigenvalue weighted by molar-refractivity contribution is 1.73. The van der Waals surface area contributed by atoms with Gasteiger partial charge in [-0.2, -0.15) is 0 Å². The molecule has 0 aliphatic carbocycles. The minimum atomic E-state index is -1.28. The molecule has 0 N–H and O–H groups in total. The number of hydrogen-bond acceptors (Lipinski definition) is 0. The van der Waals surface area contributed by atoms with Crippen LogP contribution in [0, 0.1) is 0 Å². The van der Waals surface area contributed by atoms with Crippen molar-refractivity contribution < 1.29 is 0 Å². The Bertz CT molecular complexity index is 460. The van der Waals surface area contributed by atoms with E-state index in [9.17, 15) is 0 Å². The Hall–Kier alpha value is -0.913. The van der Waals surface area contributed by atoms with Crippen LogP contribution < -0.4 is 10.6 Å². The molecule has 0 spiro atoms. The number of rotatable bonds is 3. The minimum Gasteiger partial charge on any atom is -0.0620 e. The van der Waals surface area contributed by atoms with Crippen LogP contribution in [0.3, 0.4) is 0 Å². The summed E-state index contributed by atoms with van der Waals surface area (Å²) < 4.78 is 0. The van der Waals surface area contributed by atoms with Crippen LogP contribution in [-0.2, 0) is 0 Å². The predicted molar refractivity (Wildman–Crippen MR) is 88.3 cm³/mol. The molecule has 0 heterocycles. The summed E-state index contributed by atoms with van der Waals surface area (Å²) in [5.74, 6) is 0. The van der Waals surface area contributed by atoms with Gasteiger partial charge in [0.05, 0.1) is 10.6 Å². The molecule has 2 rings (SSSR count). The molecule has 0 radical (unpaired) electrons. The average molecular weight is 273 g/mol. The van der Waals surface area contributed by atoms with Gasteiger partial charge in [0.25, 0.3) is 0 Å². The Morgan fingerprint density at radius 1 is 0.667 bits per heavy atom. The maximum atomic E-state index is 2.52. The van der Waals surface area contributed by atoms with Crippen molar-refractivity contribution in [3.63, 3.8) is 0 Å². The van der Waals surface area contributed by atoms with Crippen LogP contribution in [0.5, 0.6) is 0 Å². The summed E-state index contributed by atoms with van der Waals surface area (Å²) in [6, 6.07) is 22.2. The molecule has 2 heteroatoms. The quantitative estimate of drug-likeness (QED) is 0.583. The zero-order valence-corrected chi connectivity index (χ0v) is 13.6. The molecule has 0 nitrogen and oxygen atoms in total. The second-order valence-electron chi connectivity index (χ2n) is 5.85. The molecular formula is C16H22PSi+. The summed E-state index contributed by atoms with van der Waals surface area (Å²) in [6.45, 7) is 8.80. The lowest BCUT2D eigenvalue weighted by atomic mass is 10.4. The van der Waals surface area contributed by atoms with E-state index in [1.807, 2.05) is 0 Å². The molecule has 0 aliphatic heterocycles. The highest BCUT2D eigenvalue weighted by molar-refractivity contribution is 8.17. The van der Waals surface area contributed by atoms with Gasteiger partial charge in [-0.15, -0.1) is 0 Å². The minimum absolute atomic E-state index is 1.22. The van der Waals surface area contributed by atoms with Crippen molar-refractivity contribution >= 4 is 25.2 Å². The SMILES string of the molecule is C[Si](C)(C)[P+](C)(c1ccccc1)c1ccccc1. The topological polar surface area (TPSA) is 0 Å². The third-order valence-corrected chi connectivity index (χ3v) is 18.8. The van der Waals surface area contributed by atoms with E-state index in [1.165, 1.54) is 0 Å². The first-order valence-electron chi connectivity index (χ1n) is 6.44. The highest BCUT2D eigenvalue weighted by atomic mass is 31.4. The lowest BCUT2D eigenvalue weighted by Gasteiger charge is -2.33. The molecule has 2 aromatic rings. The highest BCUT2D eigenvalue weighted by Gasteiger charge is 2.50. The third-order valence-electron chi connectivity index (χ3n) is 3.89. The molecule has 0 amide bonds. The molecule has 94 valence electrons. The van der Waals surface area contributed by atoms with Crippen molar-refractivity contribution in [1.29, 1.82) is 0 Å². The van der Waals surface area contributed by atoms with Crippen molar-refractivity contribution in [3.05, 3.63) is 60.7 Å². The van der Waals surface area contributed by atoms with Crippen LogP contribution >= 0.6 is 6.81 Å². The Kier molecular flexibility index (Phi) is 3.75. The molecule has 0 aliphatic rings. The molecule has 0 saturated heterocycles. The van der Waals surface area contributed by atoms with Gasteiger partial charge in [0.2, 0.25) is 7.74 Å². The molecular weight excluding hydrogens is 251 g/mol. The van der Waals surface area contributed by atoms with E-state index >= 15 is 0 Å². The summed E-state index contributed by atoms with van der Waals surface area (Å²) in [5, 5.41) is 3.10. The highest BCUT2D eigenvalue weighted by Crippen LogP contribution is 2.60. The van der Waals surface area contributed by atoms with E-state index in [-0.39, 0.29) is 0 Å². The smallest absolute Gasteiger partial charge is 0.0620 e. The van der Waals surface area contributed by atoms with Gasteiger partial charge >= 0.3 is 0 Å². The Labute approximate surface area is 112 Å². The van der Waals surface area contributed by atoms with Gasteiger partial charge in [-0.05, 0) is 43.9 Å². The van der Waals surface area contributed by atoms with Crippen LogP contribution in [0.25, 0.3) is 0 Å². The molecule has 2 aromatic carbocycles. The first-order chi connectivity index (χ1) is 8.46. The normalized spacial score (nSPS) is 12.4. The molecule has 0 fully saturated rings. The zero-order chi connectivity index (χ0) is 13.2. The van der Waals surface area contributed by atoms with E-state index < -0.39 is 14.6 Å². The zero-order valence-electron chi connectivity index (χ0n) is 11.7. The molecule has 0 unspecified atom stereocenters. The summed E-state index contributed by atoms with van der Waals surface area (Å²) in [7, 11) is -1.28. The fraction of sp³-hybridized carbons (Fsp3) is 0.250. The summed E-state index contributed by atoms with van der Waals surface area (Å²) in [5.41, 5.74) is 0. The van der Waals surface area contributed by atoms with Crippen molar-refractivity contribution in [3.8, 4) is 0 Å². The average Bonchev–Trinajstić information content (AvgIpc) is 2.38. The summed E-state index contributed by atoms with van der Waals surface area (Å²) in [6.07, 6.45) is 0. The second-order valence-corrected chi connectivity index (χ2v) is 19.9. The van der Waals surface area contributed by atoms with Gasteiger partial charge in [0.15, 0.2) is 0 Å². The molecule has 0 aromatic heterocycles. The number of benzene rings is 2. The van der Waals surface area contributed by atoms with E-state index in [1.54, 1.807) is 10.6 Å². The van der Waals surface area contributed by atoms with Gasteiger partial charge in [-0.3, -0.25) is 0 Å². The van der Waals surface area contributed by atoms with E-state index in [0.29, 0.717) is 0 Å². The molecule has 0 atom stereocenters. The maximum Gasteiger partial charge on any atom is 0.232 e. The molecule has 0 saturated carbocycles. The molecule has 18 heavy (non-hydrogen) atoms. The monoisotopic (exact) mass is 273 g/mol. The summed E-state index contributed by atoms with van der Waals surface area (Å²) in [4.78, 5) is 0. The van der Waals surface area contributed by atoms with Crippen LogP contribution in [-0.4, -0.2) is 14.4 Å². The van der Waals surface area contributed by atoms with E-state index in [0.717, 1.165) is 0 Å². The Balaban J connectivity index is 2.63. The standard InChI is InChI=1S/C16H22PSi/c1-17(18(2,3)4,15-11-7-5-8-12-15)16-13-9-6-10-14-16/h5-14H,1-4H3/q+1. The first kappa shape index (κ1) is 13.5. The van der Waals surface area contributed by atoms with Gasteiger partial charge < -0.3 is 0 Å². The van der Waals surface area contributed by atoms with E-state index in [2.05, 4.69) is 87.0 Å². The first-order valence-corrected chi connectivity index (χ1v) is 13.0. The largest absolute Gasteiger partial charge is 0.232 e. The van der Waals surface area contributed by atoms with Crippen LogP contribution in [0.4, 0.5) is 0 Å². The van der Waals surface area contributed by atoms with Crippen LogP contribution in [0.2, 0.25) is 19.6 Å². The van der Waals surface area contributed by atoms with Gasteiger partial charge in [-0.25, -0.2) is 0 Å². The van der Waals surface area contributed by atoms with Crippen molar-refractivity contribution in [2.45, 2.75) is 19.6 Å². The number of hydrogen-bond donors (Lipinski definition) is 0. The van der Waals surface area contributed by atoms with Crippen LogP contribution in [0.1, 0.15) is 0 Å². The van der Waals surface area contributed by atoms with Crippen molar-refractivity contribution in [2.24, 2.45) is 0 Å². The van der Waals surface area contributed by atoms with Gasteiger partial charge in [0.1, 0.15) is 0 Å². The maximum absolute atomic E-state index is 2.52. The molecule has 0 bridgehead atoms. The predicted octanol–water partition coefficient (Wildman–Crippen LogP) is 4.12. The van der Waals surface area contributed by atoms with Crippen molar-refractivity contribution in [1.82, 2.24) is 0 Å².